The maximum absolute atomic E-state index is 11.8. The van der Waals surface area contributed by atoms with Crippen molar-refractivity contribution in [2.45, 2.75) is 31.8 Å². The van der Waals surface area contributed by atoms with Crippen LogP contribution in [0.25, 0.3) is 0 Å². The lowest BCUT2D eigenvalue weighted by atomic mass is 10.3. The molecule has 100 valence electrons. The monoisotopic (exact) mass is 276 g/mol. The number of halogens is 3. The van der Waals surface area contributed by atoms with E-state index in [1.165, 1.54) is 12.2 Å². The van der Waals surface area contributed by atoms with Crippen LogP contribution < -0.4 is 10.6 Å². The van der Waals surface area contributed by atoms with Crippen molar-refractivity contribution in [3.63, 3.8) is 0 Å². The lowest BCUT2D eigenvalue weighted by Gasteiger charge is -2.19. The Kier molecular flexibility index (Phi) is 5.80. The van der Waals surface area contributed by atoms with E-state index in [9.17, 15) is 22.8 Å². The topological polar surface area (TPSA) is 98.7 Å². The van der Waals surface area contributed by atoms with Crippen molar-refractivity contribution in [1.82, 2.24) is 10.6 Å². The van der Waals surface area contributed by atoms with Crippen LogP contribution in [0.15, 0.2) is 0 Å². The summed E-state index contributed by atoms with van der Waals surface area (Å²) in [5.74, 6) is -4.17. The molecule has 4 N–H and O–H groups in total. The van der Waals surface area contributed by atoms with Gasteiger partial charge in [0, 0.05) is 0 Å². The first-order valence-electron chi connectivity index (χ1n) is 4.40. The third-order valence-corrected chi connectivity index (χ3v) is 2.52. The Hall–Kier alpha value is -0.920. The van der Waals surface area contributed by atoms with Gasteiger partial charge in [-0.3, -0.25) is 9.59 Å². The second kappa shape index (κ2) is 6.13. The number of amides is 2. The first-order chi connectivity index (χ1) is 7.55. The SMILES string of the molecule is CC(NC(=O)[C@H](C)NC(=O)C(F)(F)F)P(O)O. The molecule has 10 heteroatoms. The van der Waals surface area contributed by atoms with Gasteiger partial charge in [-0.1, -0.05) is 0 Å². The van der Waals surface area contributed by atoms with E-state index in [4.69, 9.17) is 9.79 Å². The van der Waals surface area contributed by atoms with Gasteiger partial charge in [0.05, 0.1) is 5.78 Å². The van der Waals surface area contributed by atoms with Crippen molar-refractivity contribution in [2.75, 3.05) is 0 Å². The Morgan fingerprint density at radius 2 is 1.65 bits per heavy atom. The molecule has 0 rings (SSSR count). The number of rotatable bonds is 4. The molecule has 17 heavy (non-hydrogen) atoms. The lowest BCUT2D eigenvalue weighted by molar-refractivity contribution is -0.174. The smallest absolute Gasteiger partial charge is 0.349 e. The molecular formula is C7H12F3N2O4P. The molecule has 0 saturated heterocycles. The molecular weight excluding hydrogens is 264 g/mol. The lowest BCUT2D eigenvalue weighted by Crippen LogP contribution is -2.50. The minimum Gasteiger partial charge on any atom is -0.349 e. The fourth-order valence-corrected chi connectivity index (χ4v) is 0.975. The van der Waals surface area contributed by atoms with Gasteiger partial charge in [-0.25, -0.2) is 0 Å². The van der Waals surface area contributed by atoms with E-state index in [0.717, 1.165) is 6.92 Å². The second-order valence-electron chi connectivity index (χ2n) is 3.20. The molecule has 2 atom stereocenters. The van der Waals surface area contributed by atoms with Crippen molar-refractivity contribution in [3.05, 3.63) is 0 Å². The van der Waals surface area contributed by atoms with Gasteiger partial charge in [0.15, 0.2) is 8.38 Å². The molecule has 0 aromatic heterocycles. The first-order valence-corrected chi connectivity index (χ1v) is 5.72. The highest BCUT2D eigenvalue weighted by Gasteiger charge is 2.40. The van der Waals surface area contributed by atoms with Crippen LogP contribution in [0.2, 0.25) is 0 Å². The summed E-state index contributed by atoms with van der Waals surface area (Å²) < 4.78 is 35.5. The summed E-state index contributed by atoms with van der Waals surface area (Å²) in [4.78, 5) is 39.1. The van der Waals surface area contributed by atoms with E-state index in [-0.39, 0.29) is 0 Å². The number of nitrogens with one attached hydrogen (secondary N) is 2. The quantitative estimate of drug-likeness (QED) is 0.535. The predicted octanol–water partition coefficient (Wildman–Crippen LogP) is -0.188. The maximum atomic E-state index is 11.8. The first kappa shape index (κ1) is 16.1. The number of alkyl halides is 3. The molecule has 1 unspecified atom stereocenters. The highest BCUT2D eigenvalue weighted by atomic mass is 31.2. The van der Waals surface area contributed by atoms with Crippen LogP contribution in [0.1, 0.15) is 13.8 Å². The molecule has 0 spiro atoms. The van der Waals surface area contributed by atoms with Crippen LogP contribution >= 0.6 is 8.38 Å². The van der Waals surface area contributed by atoms with Gasteiger partial charge in [0.1, 0.15) is 6.04 Å². The second-order valence-corrected chi connectivity index (χ2v) is 4.61. The highest BCUT2D eigenvalue weighted by Crippen LogP contribution is 2.28. The number of carbonyl (C=O) groups excluding carboxylic acids is 2. The van der Waals surface area contributed by atoms with Gasteiger partial charge < -0.3 is 20.4 Å². The van der Waals surface area contributed by atoms with E-state index >= 15 is 0 Å². The predicted molar refractivity (Wildman–Crippen MR) is 52.6 cm³/mol. The van der Waals surface area contributed by atoms with Crippen molar-refractivity contribution in [1.29, 1.82) is 0 Å². The number of hydrogen-bond acceptors (Lipinski definition) is 4. The van der Waals surface area contributed by atoms with Crippen LogP contribution in [0.5, 0.6) is 0 Å². The van der Waals surface area contributed by atoms with E-state index in [2.05, 4.69) is 0 Å². The molecule has 2 amide bonds. The van der Waals surface area contributed by atoms with Gasteiger partial charge in [-0.05, 0) is 13.8 Å². The molecule has 0 fully saturated rings. The van der Waals surface area contributed by atoms with Crippen LogP contribution in [-0.4, -0.2) is 39.6 Å². The summed E-state index contributed by atoms with van der Waals surface area (Å²) in [6.45, 7) is 2.31. The number of hydrogen-bond donors (Lipinski definition) is 4. The Bertz CT molecular complexity index is 297. The highest BCUT2D eigenvalue weighted by molar-refractivity contribution is 7.45. The third-order valence-electron chi connectivity index (χ3n) is 1.70. The molecule has 0 heterocycles. The minimum absolute atomic E-state index is 0.939. The fraction of sp³-hybridized carbons (Fsp3) is 0.714. The van der Waals surface area contributed by atoms with Crippen molar-refractivity contribution in [3.8, 4) is 0 Å². The van der Waals surface area contributed by atoms with E-state index in [0.29, 0.717) is 0 Å². The Labute approximate surface area is 96.1 Å². The maximum Gasteiger partial charge on any atom is 0.471 e. The zero-order valence-electron chi connectivity index (χ0n) is 8.95. The number of carbonyl (C=O) groups is 2. The van der Waals surface area contributed by atoms with Gasteiger partial charge in [-0.15, -0.1) is 0 Å². The standard InChI is InChI=1S/C7H12F3N2O4P/c1-3(11-6(14)7(8,9)10)5(13)12-4(2)17(15)16/h3-4,15-16H,1-2H3,(H,11,14)(H,12,13)/t3-,4?/m0/s1. The Morgan fingerprint density at radius 1 is 1.18 bits per heavy atom. The van der Waals surface area contributed by atoms with Crippen LogP contribution in [0.4, 0.5) is 13.2 Å². The molecule has 0 radical (unpaired) electrons. The van der Waals surface area contributed by atoms with Crippen LogP contribution in [-0.2, 0) is 9.59 Å². The third kappa shape index (κ3) is 5.81. The van der Waals surface area contributed by atoms with Crippen LogP contribution in [0, 0.1) is 0 Å². The Morgan fingerprint density at radius 3 is 2.00 bits per heavy atom. The summed E-state index contributed by atoms with van der Waals surface area (Å²) in [6, 6.07) is -1.43. The average molecular weight is 276 g/mol. The molecule has 0 aromatic rings. The van der Waals surface area contributed by atoms with Crippen LogP contribution in [0.3, 0.4) is 0 Å². The van der Waals surface area contributed by atoms with Gasteiger partial charge >= 0.3 is 12.1 Å². The van der Waals surface area contributed by atoms with Gasteiger partial charge in [0.25, 0.3) is 0 Å². The molecule has 0 aromatic carbocycles. The normalized spacial score (nSPS) is 15.3. The molecule has 0 bridgehead atoms. The molecule has 0 saturated carbocycles. The van der Waals surface area contributed by atoms with E-state index < -0.39 is 38.2 Å². The van der Waals surface area contributed by atoms with Crippen molar-refractivity contribution in [2.24, 2.45) is 0 Å². The summed E-state index contributed by atoms with van der Waals surface area (Å²) in [7, 11) is -2.43. The molecule has 0 aliphatic heterocycles. The van der Waals surface area contributed by atoms with Crippen molar-refractivity contribution >= 4 is 20.2 Å². The molecule has 0 aliphatic rings. The molecule has 6 nitrogen and oxygen atoms in total. The van der Waals surface area contributed by atoms with Crippen molar-refractivity contribution < 1.29 is 32.5 Å². The summed E-state index contributed by atoms with van der Waals surface area (Å²) in [5.41, 5.74) is 0. The largest absolute Gasteiger partial charge is 0.471 e. The molecule has 0 aliphatic carbocycles. The fourth-order valence-electron chi connectivity index (χ4n) is 0.733. The van der Waals surface area contributed by atoms with E-state index in [1.54, 1.807) is 0 Å². The zero-order chi connectivity index (χ0) is 13.8. The minimum atomic E-state index is -5.07. The Balaban J connectivity index is 4.29. The summed E-state index contributed by atoms with van der Waals surface area (Å²) in [6.07, 6.45) is -5.07. The summed E-state index contributed by atoms with van der Waals surface area (Å²) in [5, 5.41) is 3.48. The van der Waals surface area contributed by atoms with Gasteiger partial charge in [0.2, 0.25) is 5.91 Å². The average Bonchev–Trinajstić information content (AvgIpc) is 2.15. The summed E-state index contributed by atoms with van der Waals surface area (Å²) >= 11 is 0. The van der Waals surface area contributed by atoms with Gasteiger partial charge in [-0.2, -0.15) is 13.2 Å². The zero-order valence-corrected chi connectivity index (χ0v) is 9.84. The van der Waals surface area contributed by atoms with E-state index in [1.807, 2.05) is 5.32 Å².